The molecule has 1 aromatic heterocycles. The Balaban J connectivity index is 1.83. The highest BCUT2D eigenvalue weighted by Gasteiger charge is 2.36. The quantitative estimate of drug-likeness (QED) is 0.632. The standard InChI is InChI=1S/C15H11BFNO2/c1-18-9-12(11-8-10(17)6-7-13(11)18)16-19-14-4-2-3-5-15(14)20-16/h2-9H,1H3. The number of halogens is 1. The Morgan fingerprint density at radius 1 is 1.05 bits per heavy atom. The van der Waals surface area contributed by atoms with Crippen molar-refractivity contribution in [3.63, 3.8) is 0 Å². The van der Waals surface area contributed by atoms with Gasteiger partial charge in [0, 0.05) is 29.6 Å². The first-order valence-electron chi connectivity index (χ1n) is 6.39. The molecule has 20 heavy (non-hydrogen) atoms. The summed E-state index contributed by atoms with van der Waals surface area (Å²) in [6, 6.07) is 12.2. The minimum absolute atomic E-state index is 0.263. The molecule has 0 spiro atoms. The van der Waals surface area contributed by atoms with Crippen LogP contribution >= 0.6 is 0 Å². The zero-order valence-corrected chi connectivity index (χ0v) is 10.8. The monoisotopic (exact) mass is 267 g/mol. The molecule has 5 heteroatoms. The van der Waals surface area contributed by atoms with E-state index in [0.717, 1.165) is 16.4 Å². The number of hydrogen-bond donors (Lipinski definition) is 0. The molecule has 4 rings (SSSR count). The molecule has 1 aliphatic heterocycles. The van der Waals surface area contributed by atoms with Crippen LogP contribution in [0, 0.1) is 5.82 Å². The molecule has 0 saturated carbocycles. The van der Waals surface area contributed by atoms with Gasteiger partial charge in [0.1, 0.15) is 17.3 Å². The van der Waals surface area contributed by atoms with E-state index < -0.39 is 7.12 Å². The number of hydrogen-bond acceptors (Lipinski definition) is 2. The third-order valence-corrected chi connectivity index (χ3v) is 3.55. The Morgan fingerprint density at radius 2 is 1.75 bits per heavy atom. The first-order valence-corrected chi connectivity index (χ1v) is 6.39. The van der Waals surface area contributed by atoms with Gasteiger partial charge in [-0.15, -0.1) is 0 Å². The predicted molar refractivity (Wildman–Crippen MR) is 76.0 cm³/mol. The Hall–Kier alpha value is -2.43. The highest BCUT2D eigenvalue weighted by atomic mass is 19.1. The zero-order chi connectivity index (χ0) is 13.7. The maximum atomic E-state index is 13.5. The minimum atomic E-state index is -0.530. The molecule has 3 nitrogen and oxygen atoms in total. The maximum Gasteiger partial charge on any atom is 0.635 e. The van der Waals surface area contributed by atoms with Crippen molar-refractivity contribution in [1.29, 1.82) is 0 Å². The summed E-state index contributed by atoms with van der Waals surface area (Å²) in [4.78, 5) is 0. The van der Waals surface area contributed by atoms with E-state index in [4.69, 9.17) is 9.31 Å². The van der Waals surface area contributed by atoms with E-state index in [2.05, 4.69) is 0 Å². The van der Waals surface area contributed by atoms with Crippen molar-refractivity contribution in [2.45, 2.75) is 0 Å². The number of para-hydroxylation sites is 2. The van der Waals surface area contributed by atoms with Crippen LogP contribution in [0.5, 0.6) is 11.5 Å². The van der Waals surface area contributed by atoms with Gasteiger partial charge in [0.15, 0.2) is 0 Å². The summed E-state index contributed by atoms with van der Waals surface area (Å²) in [6.45, 7) is 0. The van der Waals surface area contributed by atoms with Crippen LogP contribution in [0.4, 0.5) is 4.39 Å². The van der Waals surface area contributed by atoms with Crippen LogP contribution in [0.3, 0.4) is 0 Å². The third-order valence-electron chi connectivity index (χ3n) is 3.55. The fourth-order valence-corrected chi connectivity index (χ4v) is 2.61. The van der Waals surface area contributed by atoms with E-state index >= 15 is 0 Å². The van der Waals surface area contributed by atoms with Crippen molar-refractivity contribution < 1.29 is 13.7 Å². The second kappa shape index (κ2) is 4.03. The van der Waals surface area contributed by atoms with Crippen molar-refractivity contribution >= 4 is 23.5 Å². The van der Waals surface area contributed by atoms with Gasteiger partial charge >= 0.3 is 7.12 Å². The summed E-state index contributed by atoms with van der Waals surface area (Å²) in [5.74, 6) is 1.16. The maximum absolute atomic E-state index is 13.5. The Morgan fingerprint density at radius 3 is 2.45 bits per heavy atom. The summed E-state index contributed by atoms with van der Waals surface area (Å²) in [5, 5.41) is 0.810. The molecule has 0 bridgehead atoms. The van der Waals surface area contributed by atoms with Crippen molar-refractivity contribution in [2.24, 2.45) is 7.05 Å². The van der Waals surface area contributed by atoms with Crippen LogP contribution in [0.25, 0.3) is 10.9 Å². The second-order valence-electron chi connectivity index (χ2n) is 4.87. The number of aromatic nitrogens is 1. The molecule has 2 aromatic carbocycles. The number of rotatable bonds is 1. The second-order valence-corrected chi connectivity index (χ2v) is 4.87. The smallest absolute Gasteiger partial charge is 0.519 e. The lowest BCUT2D eigenvalue weighted by molar-refractivity contribution is 0.519. The first kappa shape index (κ1) is 11.4. The van der Waals surface area contributed by atoms with Gasteiger partial charge < -0.3 is 13.9 Å². The largest absolute Gasteiger partial charge is 0.635 e. The molecule has 0 unspecified atom stereocenters. The van der Waals surface area contributed by atoms with Crippen molar-refractivity contribution in [2.75, 3.05) is 0 Å². The molecule has 0 atom stereocenters. The highest BCUT2D eigenvalue weighted by molar-refractivity contribution is 6.66. The van der Waals surface area contributed by atoms with Crippen LogP contribution in [-0.2, 0) is 7.05 Å². The molecule has 3 aromatic rings. The lowest BCUT2D eigenvalue weighted by atomic mass is 9.79. The number of benzene rings is 2. The summed E-state index contributed by atoms with van der Waals surface area (Å²) in [6.07, 6.45) is 1.92. The van der Waals surface area contributed by atoms with E-state index in [-0.39, 0.29) is 5.82 Å². The number of aryl methyl sites for hydroxylation is 1. The van der Waals surface area contributed by atoms with Crippen LogP contribution in [0.2, 0.25) is 0 Å². The van der Waals surface area contributed by atoms with Gasteiger partial charge in [-0.25, -0.2) is 4.39 Å². The van der Waals surface area contributed by atoms with Gasteiger partial charge in [0.25, 0.3) is 0 Å². The summed E-state index contributed by atoms with van der Waals surface area (Å²) < 4.78 is 27.0. The number of nitrogens with zero attached hydrogens (tertiary/aromatic N) is 1. The van der Waals surface area contributed by atoms with Crippen molar-refractivity contribution in [1.82, 2.24) is 4.57 Å². The average molecular weight is 267 g/mol. The third kappa shape index (κ3) is 1.59. The summed E-state index contributed by atoms with van der Waals surface area (Å²) in [5.41, 5.74) is 1.78. The van der Waals surface area contributed by atoms with Gasteiger partial charge in [0.2, 0.25) is 0 Å². The molecular formula is C15H11BFNO2. The van der Waals surface area contributed by atoms with Gasteiger partial charge in [-0.2, -0.15) is 0 Å². The molecule has 0 aliphatic carbocycles. The normalized spacial score (nSPS) is 13.2. The molecule has 1 aliphatic rings. The van der Waals surface area contributed by atoms with Crippen LogP contribution in [0.1, 0.15) is 0 Å². The predicted octanol–water partition coefficient (Wildman–Crippen LogP) is 2.48. The molecule has 0 N–H and O–H groups in total. The highest BCUT2D eigenvalue weighted by Crippen LogP contribution is 2.33. The van der Waals surface area contributed by atoms with E-state index in [9.17, 15) is 4.39 Å². The number of fused-ring (bicyclic) bond motifs is 2. The Kier molecular flexibility index (Phi) is 2.30. The average Bonchev–Trinajstić information content (AvgIpc) is 3.00. The molecule has 0 radical (unpaired) electrons. The Labute approximate surface area is 115 Å². The lowest BCUT2D eigenvalue weighted by Gasteiger charge is -2.03. The molecule has 0 saturated heterocycles. The fourth-order valence-electron chi connectivity index (χ4n) is 2.61. The lowest BCUT2D eigenvalue weighted by Crippen LogP contribution is -2.38. The topological polar surface area (TPSA) is 23.4 Å². The van der Waals surface area contributed by atoms with Gasteiger partial charge in [0.05, 0.1) is 0 Å². The van der Waals surface area contributed by atoms with Crippen molar-refractivity contribution in [3.05, 3.63) is 54.5 Å². The molecule has 0 fully saturated rings. The SMILES string of the molecule is Cn1cc(B2Oc3ccccc3O2)c2cc(F)ccc21. The summed E-state index contributed by atoms with van der Waals surface area (Å²) in [7, 11) is 1.39. The van der Waals surface area contributed by atoms with Gasteiger partial charge in [-0.1, -0.05) is 12.1 Å². The zero-order valence-electron chi connectivity index (χ0n) is 10.8. The van der Waals surface area contributed by atoms with E-state index in [0.29, 0.717) is 11.5 Å². The first-order chi connectivity index (χ1) is 9.72. The van der Waals surface area contributed by atoms with E-state index in [1.54, 1.807) is 6.07 Å². The Bertz CT molecular complexity index is 790. The fraction of sp³-hybridized carbons (Fsp3) is 0.0667. The van der Waals surface area contributed by atoms with Crippen molar-refractivity contribution in [3.8, 4) is 11.5 Å². The van der Waals surface area contributed by atoms with E-state index in [1.807, 2.05) is 42.1 Å². The molecular weight excluding hydrogens is 256 g/mol. The minimum Gasteiger partial charge on any atom is -0.519 e. The van der Waals surface area contributed by atoms with Gasteiger partial charge in [-0.05, 0) is 30.3 Å². The summed E-state index contributed by atoms with van der Waals surface area (Å²) >= 11 is 0. The van der Waals surface area contributed by atoms with Crippen LogP contribution in [0.15, 0.2) is 48.7 Å². The molecule has 2 heterocycles. The van der Waals surface area contributed by atoms with Gasteiger partial charge in [-0.3, -0.25) is 0 Å². The molecule has 98 valence electrons. The van der Waals surface area contributed by atoms with E-state index in [1.165, 1.54) is 12.1 Å². The van der Waals surface area contributed by atoms with Crippen LogP contribution < -0.4 is 14.8 Å². The van der Waals surface area contributed by atoms with Crippen LogP contribution in [-0.4, -0.2) is 11.7 Å². The molecule has 0 amide bonds.